The molecular formula is C13H15N3O. The second-order valence-electron chi connectivity index (χ2n) is 4.27. The summed E-state index contributed by atoms with van der Waals surface area (Å²) in [4.78, 5) is 11.2. The molecule has 0 bridgehead atoms. The van der Waals surface area contributed by atoms with Gasteiger partial charge < -0.3 is 5.32 Å². The second-order valence-corrected chi connectivity index (χ2v) is 4.27. The lowest BCUT2D eigenvalue weighted by Gasteiger charge is -2.17. The number of fused-ring (bicyclic) bond motifs is 1. The van der Waals surface area contributed by atoms with E-state index in [1.807, 2.05) is 19.1 Å². The predicted octanol–water partition coefficient (Wildman–Crippen LogP) is 1.57. The van der Waals surface area contributed by atoms with Crippen molar-refractivity contribution in [3.63, 3.8) is 0 Å². The molecule has 0 aromatic heterocycles. The minimum Gasteiger partial charge on any atom is -0.326 e. The fraction of sp³-hybridized carbons (Fsp3) is 0.385. The molecule has 2 N–H and O–H groups in total. The molecule has 1 atom stereocenters. The lowest BCUT2D eigenvalue weighted by molar-refractivity contribution is -0.116. The zero-order chi connectivity index (χ0) is 12.3. The summed E-state index contributed by atoms with van der Waals surface area (Å²) < 4.78 is 0. The van der Waals surface area contributed by atoms with Crippen molar-refractivity contribution in [1.82, 2.24) is 5.32 Å². The van der Waals surface area contributed by atoms with Gasteiger partial charge in [-0.25, -0.2) is 0 Å². The molecule has 88 valence electrons. The number of hydrogen-bond donors (Lipinski definition) is 2. The molecule has 4 heteroatoms. The van der Waals surface area contributed by atoms with Gasteiger partial charge in [-0.15, -0.1) is 0 Å². The van der Waals surface area contributed by atoms with Crippen LogP contribution in [0.5, 0.6) is 0 Å². The van der Waals surface area contributed by atoms with Crippen LogP contribution in [0.15, 0.2) is 18.2 Å². The highest BCUT2D eigenvalue weighted by Crippen LogP contribution is 2.23. The molecule has 0 saturated heterocycles. The van der Waals surface area contributed by atoms with E-state index in [-0.39, 0.29) is 11.9 Å². The molecule has 1 aliphatic heterocycles. The highest BCUT2D eigenvalue weighted by molar-refractivity contribution is 5.93. The first kappa shape index (κ1) is 11.6. The number of nitriles is 1. The van der Waals surface area contributed by atoms with Crippen LogP contribution in [0.1, 0.15) is 24.5 Å². The van der Waals surface area contributed by atoms with Crippen LogP contribution in [0.25, 0.3) is 0 Å². The van der Waals surface area contributed by atoms with E-state index in [1.54, 1.807) is 0 Å². The average Bonchev–Trinajstić information content (AvgIpc) is 2.35. The molecule has 0 aliphatic carbocycles. The summed E-state index contributed by atoms with van der Waals surface area (Å²) >= 11 is 0. The van der Waals surface area contributed by atoms with Gasteiger partial charge in [-0.05, 0) is 30.5 Å². The van der Waals surface area contributed by atoms with Gasteiger partial charge >= 0.3 is 0 Å². The summed E-state index contributed by atoms with van der Waals surface area (Å²) in [5.41, 5.74) is 3.23. The number of benzene rings is 1. The summed E-state index contributed by atoms with van der Waals surface area (Å²) in [6.07, 6.45) is 1.35. The van der Waals surface area contributed by atoms with E-state index in [1.165, 1.54) is 5.56 Å². The molecule has 1 heterocycles. The number of nitrogens with zero attached hydrogens (tertiary/aromatic N) is 1. The summed E-state index contributed by atoms with van der Waals surface area (Å²) in [6.45, 7) is 2.51. The molecule has 0 fully saturated rings. The lowest BCUT2D eigenvalue weighted by atomic mass is 10.0. The molecule has 1 aromatic carbocycles. The van der Waals surface area contributed by atoms with Crippen molar-refractivity contribution < 1.29 is 4.79 Å². The van der Waals surface area contributed by atoms with Gasteiger partial charge in [-0.1, -0.05) is 12.1 Å². The summed E-state index contributed by atoms with van der Waals surface area (Å²) in [5.74, 6) is 0.0847. The van der Waals surface area contributed by atoms with E-state index >= 15 is 0 Å². The number of amides is 1. The molecule has 1 aromatic rings. The van der Waals surface area contributed by atoms with Crippen LogP contribution in [-0.4, -0.2) is 11.9 Å². The largest absolute Gasteiger partial charge is 0.326 e. The van der Waals surface area contributed by atoms with E-state index in [0.717, 1.165) is 17.7 Å². The lowest BCUT2D eigenvalue weighted by Crippen LogP contribution is -2.24. The minimum atomic E-state index is -0.147. The van der Waals surface area contributed by atoms with Gasteiger partial charge in [0.2, 0.25) is 5.91 Å². The van der Waals surface area contributed by atoms with Crippen molar-refractivity contribution in [3.8, 4) is 6.07 Å². The van der Waals surface area contributed by atoms with Gasteiger partial charge in [-0.2, -0.15) is 5.26 Å². The Morgan fingerprint density at radius 2 is 2.35 bits per heavy atom. The normalized spacial score (nSPS) is 15.6. The predicted molar refractivity (Wildman–Crippen MR) is 65.3 cm³/mol. The SMILES string of the molecule is CC(C#N)NCc1ccc2c(c1)CCC(=O)N2. The van der Waals surface area contributed by atoms with E-state index in [9.17, 15) is 4.79 Å². The van der Waals surface area contributed by atoms with E-state index in [2.05, 4.69) is 22.8 Å². The maximum atomic E-state index is 11.2. The third-order valence-corrected chi connectivity index (χ3v) is 2.87. The van der Waals surface area contributed by atoms with Gasteiger partial charge in [0, 0.05) is 18.7 Å². The van der Waals surface area contributed by atoms with Crippen LogP contribution >= 0.6 is 0 Å². The van der Waals surface area contributed by atoms with Crippen molar-refractivity contribution in [3.05, 3.63) is 29.3 Å². The fourth-order valence-corrected chi connectivity index (χ4v) is 1.86. The van der Waals surface area contributed by atoms with Crippen LogP contribution in [0, 0.1) is 11.3 Å². The van der Waals surface area contributed by atoms with Crippen LogP contribution in [0.2, 0.25) is 0 Å². The number of nitrogens with one attached hydrogen (secondary N) is 2. The van der Waals surface area contributed by atoms with Crippen LogP contribution in [0.3, 0.4) is 0 Å². The first-order chi connectivity index (χ1) is 8.19. The van der Waals surface area contributed by atoms with Gasteiger partial charge in [-0.3, -0.25) is 10.1 Å². The smallest absolute Gasteiger partial charge is 0.224 e. The number of anilines is 1. The number of carbonyl (C=O) groups is 1. The van der Waals surface area contributed by atoms with Gasteiger partial charge in [0.05, 0.1) is 12.1 Å². The third-order valence-electron chi connectivity index (χ3n) is 2.87. The van der Waals surface area contributed by atoms with Gasteiger partial charge in [0.1, 0.15) is 0 Å². The monoisotopic (exact) mass is 229 g/mol. The van der Waals surface area contributed by atoms with Crippen LogP contribution in [0.4, 0.5) is 5.69 Å². The number of hydrogen-bond acceptors (Lipinski definition) is 3. The minimum absolute atomic E-state index is 0.0847. The highest BCUT2D eigenvalue weighted by atomic mass is 16.1. The number of rotatable bonds is 3. The zero-order valence-corrected chi connectivity index (χ0v) is 9.79. The topological polar surface area (TPSA) is 64.9 Å². The number of aryl methyl sites for hydroxylation is 1. The Morgan fingerprint density at radius 1 is 1.53 bits per heavy atom. The zero-order valence-electron chi connectivity index (χ0n) is 9.79. The average molecular weight is 229 g/mol. The fourth-order valence-electron chi connectivity index (χ4n) is 1.86. The standard InChI is InChI=1S/C13H15N3O/c1-9(7-14)15-8-10-2-4-12-11(6-10)3-5-13(17)16-12/h2,4,6,9,15H,3,5,8H2,1H3,(H,16,17). The van der Waals surface area contributed by atoms with Crippen molar-refractivity contribution in [2.24, 2.45) is 0 Å². The van der Waals surface area contributed by atoms with Gasteiger partial charge in [0.25, 0.3) is 0 Å². The van der Waals surface area contributed by atoms with Crippen molar-refractivity contribution in [2.45, 2.75) is 32.4 Å². The quantitative estimate of drug-likeness (QED) is 0.827. The summed E-state index contributed by atoms with van der Waals surface area (Å²) in [7, 11) is 0. The maximum absolute atomic E-state index is 11.2. The molecular weight excluding hydrogens is 214 g/mol. The molecule has 0 spiro atoms. The third kappa shape index (κ3) is 2.83. The first-order valence-corrected chi connectivity index (χ1v) is 5.73. The number of carbonyl (C=O) groups excluding carboxylic acids is 1. The molecule has 0 radical (unpaired) electrons. The first-order valence-electron chi connectivity index (χ1n) is 5.73. The molecule has 1 amide bonds. The Hall–Kier alpha value is -1.86. The Kier molecular flexibility index (Phi) is 3.40. The molecule has 1 unspecified atom stereocenters. The molecule has 4 nitrogen and oxygen atoms in total. The van der Waals surface area contributed by atoms with E-state index in [0.29, 0.717) is 13.0 Å². The van der Waals surface area contributed by atoms with Crippen molar-refractivity contribution >= 4 is 11.6 Å². The molecule has 2 rings (SSSR count). The van der Waals surface area contributed by atoms with E-state index < -0.39 is 0 Å². The van der Waals surface area contributed by atoms with Gasteiger partial charge in [0.15, 0.2) is 0 Å². The second kappa shape index (κ2) is 4.98. The molecule has 1 aliphatic rings. The summed E-state index contributed by atoms with van der Waals surface area (Å²) in [6, 6.07) is 7.98. The Balaban J connectivity index is 2.07. The van der Waals surface area contributed by atoms with Crippen molar-refractivity contribution in [2.75, 3.05) is 5.32 Å². The van der Waals surface area contributed by atoms with E-state index in [4.69, 9.17) is 5.26 Å². The van der Waals surface area contributed by atoms with Crippen LogP contribution in [-0.2, 0) is 17.8 Å². The Morgan fingerprint density at radius 3 is 3.12 bits per heavy atom. The van der Waals surface area contributed by atoms with Crippen LogP contribution < -0.4 is 10.6 Å². The summed E-state index contributed by atoms with van der Waals surface area (Å²) in [5, 5.41) is 14.6. The molecule has 17 heavy (non-hydrogen) atoms. The maximum Gasteiger partial charge on any atom is 0.224 e. The highest BCUT2D eigenvalue weighted by Gasteiger charge is 2.14. The molecule has 0 saturated carbocycles. The van der Waals surface area contributed by atoms with Crippen molar-refractivity contribution in [1.29, 1.82) is 5.26 Å². The Bertz CT molecular complexity index is 476. The Labute approximate surface area is 101 Å².